The number of aromatic nitrogens is 3. The van der Waals surface area contributed by atoms with Crippen molar-refractivity contribution in [2.45, 2.75) is 32.2 Å². The Balaban J connectivity index is 2.36. The van der Waals surface area contributed by atoms with Gasteiger partial charge in [0.05, 0.1) is 5.39 Å². The highest BCUT2D eigenvalue weighted by Gasteiger charge is 2.15. The second-order valence-electron chi connectivity index (χ2n) is 4.16. The molecule has 0 fully saturated rings. The number of aromatic amines is 1. The second-order valence-corrected chi connectivity index (χ2v) is 5.32. The molecular weight excluding hydrogens is 317 g/mol. The van der Waals surface area contributed by atoms with E-state index in [9.17, 15) is 4.79 Å². The average Bonchev–Trinajstić information content (AvgIpc) is 2.51. The Labute approximate surface area is 106 Å². The van der Waals surface area contributed by atoms with E-state index in [1.54, 1.807) is 0 Å². The number of nitrogens with zero attached hydrogens (tertiary/aromatic N) is 2. The number of hydrogen-bond donors (Lipinski definition) is 1. The molecule has 84 valence electrons. The average molecular weight is 329 g/mol. The van der Waals surface area contributed by atoms with Crippen LogP contribution >= 0.6 is 22.6 Å². The van der Waals surface area contributed by atoms with Gasteiger partial charge in [0.15, 0.2) is 0 Å². The maximum Gasteiger partial charge on any atom is 0.264 e. The number of halogens is 1. The Bertz CT molecular complexity index is 599. The van der Waals surface area contributed by atoms with E-state index in [1.807, 2.05) is 10.8 Å². The van der Waals surface area contributed by atoms with Crippen LogP contribution in [0, 0.1) is 3.57 Å². The quantitative estimate of drug-likeness (QED) is 0.752. The summed E-state index contributed by atoms with van der Waals surface area (Å²) in [4.78, 5) is 19.9. The Hall–Kier alpha value is -0.850. The van der Waals surface area contributed by atoms with E-state index in [-0.39, 0.29) is 5.56 Å². The topological polar surface area (TPSA) is 50.7 Å². The van der Waals surface area contributed by atoms with Crippen LogP contribution in [0.25, 0.3) is 11.0 Å². The number of rotatable bonds is 0. The third-order valence-electron chi connectivity index (χ3n) is 3.10. The standard InChI is InChI=1S/C11H12IN3O/c12-7-6-13-10-9(7)11(16)15-5-3-1-2-4-8(15)14-10/h6,13H,1-5H2. The lowest BCUT2D eigenvalue weighted by Gasteiger charge is -2.07. The maximum absolute atomic E-state index is 12.3. The summed E-state index contributed by atoms with van der Waals surface area (Å²) >= 11 is 2.18. The van der Waals surface area contributed by atoms with Gasteiger partial charge in [-0.1, -0.05) is 6.42 Å². The molecule has 5 heteroatoms. The lowest BCUT2D eigenvalue weighted by Crippen LogP contribution is -2.24. The lowest BCUT2D eigenvalue weighted by atomic mass is 10.2. The van der Waals surface area contributed by atoms with Crippen LogP contribution in [-0.2, 0) is 13.0 Å². The lowest BCUT2D eigenvalue weighted by molar-refractivity contribution is 0.614. The van der Waals surface area contributed by atoms with Crippen molar-refractivity contribution in [3.63, 3.8) is 0 Å². The fourth-order valence-electron chi connectivity index (χ4n) is 2.27. The summed E-state index contributed by atoms with van der Waals surface area (Å²) < 4.78 is 2.82. The zero-order valence-electron chi connectivity index (χ0n) is 8.79. The molecule has 1 N–H and O–H groups in total. The molecule has 16 heavy (non-hydrogen) atoms. The summed E-state index contributed by atoms with van der Waals surface area (Å²) in [6.07, 6.45) is 6.17. The van der Waals surface area contributed by atoms with Gasteiger partial charge < -0.3 is 4.98 Å². The molecule has 0 bridgehead atoms. The minimum absolute atomic E-state index is 0.118. The summed E-state index contributed by atoms with van der Waals surface area (Å²) in [5.41, 5.74) is 0.857. The van der Waals surface area contributed by atoms with E-state index in [4.69, 9.17) is 0 Å². The van der Waals surface area contributed by atoms with Crippen LogP contribution in [0.4, 0.5) is 0 Å². The van der Waals surface area contributed by atoms with E-state index in [1.165, 1.54) is 6.42 Å². The highest BCUT2D eigenvalue weighted by Crippen LogP contribution is 2.17. The predicted molar refractivity (Wildman–Crippen MR) is 70.6 cm³/mol. The van der Waals surface area contributed by atoms with Crippen LogP contribution in [0.3, 0.4) is 0 Å². The maximum atomic E-state index is 12.3. The smallest absolute Gasteiger partial charge is 0.264 e. The molecule has 0 atom stereocenters. The minimum atomic E-state index is 0.118. The monoisotopic (exact) mass is 329 g/mol. The third kappa shape index (κ3) is 1.49. The molecule has 0 radical (unpaired) electrons. The normalized spacial score (nSPS) is 16.1. The Kier molecular flexibility index (Phi) is 2.49. The van der Waals surface area contributed by atoms with Crippen molar-refractivity contribution in [2.75, 3.05) is 0 Å². The minimum Gasteiger partial charge on any atom is -0.345 e. The Morgan fingerprint density at radius 1 is 1.38 bits per heavy atom. The van der Waals surface area contributed by atoms with E-state index < -0.39 is 0 Å². The van der Waals surface area contributed by atoms with Crippen LogP contribution in [0.2, 0.25) is 0 Å². The molecule has 0 saturated heterocycles. The van der Waals surface area contributed by atoms with Gasteiger partial charge in [-0.05, 0) is 35.4 Å². The zero-order chi connectivity index (χ0) is 11.1. The zero-order valence-corrected chi connectivity index (χ0v) is 11.0. The van der Waals surface area contributed by atoms with Crippen molar-refractivity contribution < 1.29 is 0 Å². The van der Waals surface area contributed by atoms with Crippen LogP contribution in [0.1, 0.15) is 25.1 Å². The van der Waals surface area contributed by atoms with Crippen molar-refractivity contribution in [3.8, 4) is 0 Å². The molecule has 3 rings (SSSR count). The van der Waals surface area contributed by atoms with Crippen molar-refractivity contribution >= 4 is 33.6 Å². The largest absolute Gasteiger partial charge is 0.345 e. The van der Waals surface area contributed by atoms with Gasteiger partial charge in [0.2, 0.25) is 0 Å². The molecule has 0 saturated carbocycles. The van der Waals surface area contributed by atoms with E-state index in [0.717, 1.165) is 46.2 Å². The summed E-state index contributed by atoms with van der Waals surface area (Å²) in [7, 11) is 0. The highest BCUT2D eigenvalue weighted by molar-refractivity contribution is 14.1. The van der Waals surface area contributed by atoms with E-state index in [2.05, 4.69) is 32.6 Å². The molecule has 4 nitrogen and oxygen atoms in total. The first-order valence-electron chi connectivity index (χ1n) is 5.53. The number of nitrogens with one attached hydrogen (secondary N) is 1. The van der Waals surface area contributed by atoms with Gasteiger partial charge in [-0.15, -0.1) is 0 Å². The molecule has 0 aliphatic carbocycles. The molecule has 0 unspecified atom stereocenters. The Morgan fingerprint density at radius 3 is 3.12 bits per heavy atom. The molecule has 1 aliphatic heterocycles. The summed E-state index contributed by atoms with van der Waals surface area (Å²) in [5, 5.41) is 0.742. The van der Waals surface area contributed by atoms with Gasteiger partial charge in [0, 0.05) is 22.7 Å². The first kappa shape index (κ1) is 10.3. The molecular formula is C11H12IN3O. The number of H-pyrrole nitrogens is 1. The van der Waals surface area contributed by atoms with Crippen LogP contribution in [0.15, 0.2) is 11.0 Å². The summed E-state index contributed by atoms with van der Waals surface area (Å²) in [6.45, 7) is 0.818. The fraction of sp³-hybridized carbons (Fsp3) is 0.455. The molecule has 0 amide bonds. The van der Waals surface area contributed by atoms with Crippen molar-refractivity contribution in [1.29, 1.82) is 0 Å². The van der Waals surface area contributed by atoms with E-state index in [0.29, 0.717) is 0 Å². The van der Waals surface area contributed by atoms with Gasteiger partial charge in [0.1, 0.15) is 11.5 Å². The molecule has 0 aromatic carbocycles. The van der Waals surface area contributed by atoms with Crippen molar-refractivity contribution in [2.24, 2.45) is 0 Å². The number of fused-ring (bicyclic) bond motifs is 2. The first-order chi connectivity index (χ1) is 7.77. The first-order valence-corrected chi connectivity index (χ1v) is 6.61. The second kappa shape index (κ2) is 3.87. The number of hydrogen-bond acceptors (Lipinski definition) is 2. The number of aryl methyl sites for hydroxylation is 1. The van der Waals surface area contributed by atoms with Gasteiger partial charge in [-0.25, -0.2) is 4.98 Å². The molecule has 2 aromatic heterocycles. The fourth-order valence-corrected chi connectivity index (χ4v) is 2.92. The van der Waals surface area contributed by atoms with E-state index >= 15 is 0 Å². The highest BCUT2D eigenvalue weighted by atomic mass is 127. The molecule has 0 spiro atoms. The van der Waals surface area contributed by atoms with Gasteiger partial charge >= 0.3 is 0 Å². The molecule has 1 aliphatic rings. The van der Waals surface area contributed by atoms with Crippen LogP contribution in [0.5, 0.6) is 0 Å². The van der Waals surface area contributed by atoms with Crippen molar-refractivity contribution in [3.05, 3.63) is 25.9 Å². The molecule has 3 heterocycles. The Morgan fingerprint density at radius 2 is 2.25 bits per heavy atom. The van der Waals surface area contributed by atoms with Gasteiger partial charge in [0.25, 0.3) is 5.56 Å². The summed E-state index contributed by atoms with van der Waals surface area (Å²) in [5.74, 6) is 0.938. The van der Waals surface area contributed by atoms with Crippen LogP contribution < -0.4 is 5.56 Å². The van der Waals surface area contributed by atoms with Gasteiger partial charge in [-0.3, -0.25) is 9.36 Å². The third-order valence-corrected chi connectivity index (χ3v) is 3.96. The summed E-state index contributed by atoms with van der Waals surface area (Å²) in [6, 6.07) is 0. The predicted octanol–water partition coefficient (Wildman–Crippen LogP) is 2.06. The molecule has 2 aromatic rings. The van der Waals surface area contributed by atoms with Crippen LogP contribution in [-0.4, -0.2) is 14.5 Å². The van der Waals surface area contributed by atoms with Gasteiger partial charge in [-0.2, -0.15) is 0 Å². The van der Waals surface area contributed by atoms with Crippen molar-refractivity contribution in [1.82, 2.24) is 14.5 Å². The SMILES string of the molecule is O=c1c2c(I)c[nH]c2nc2n1CCCCC2.